The number of hydrogen-bond donors (Lipinski definition) is 0. The largest absolute Gasteiger partial charge is 0.454 e. The molecule has 3 atom stereocenters. The first-order valence-corrected chi connectivity index (χ1v) is 8.70. The van der Waals surface area contributed by atoms with Gasteiger partial charge in [0, 0.05) is 32.0 Å². The van der Waals surface area contributed by atoms with Gasteiger partial charge in [0.05, 0.1) is 12.1 Å². The van der Waals surface area contributed by atoms with Crippen molar-refractivity contribution in [1.82, 2.24) is 4.90 Å². The molecule has 3 aliphatic rings. The van der Waals surface area contributed by atoms with Gasteiger partial charge in [0.15, 0.2) is 11.5 Å². The zero-order chi connectivity index (χ0) is 16.5. The third kappa shape index (κ3) is 2.60. The SMILES string of the molecule is N#CCC[C@@H]1CN2CCc3cc4c(cc3[C@@H]2C[C@@H]1C[14C]#N)OCO4. The Morgan fingerprint density at radius 2 is 2.08 bits per heavy atom. The van der Waals surface area contributed by atoms with Gasteiger partial charge >= 0.3 is 0 Å². The van der Waals surface area contributed by atoms with Crippen molar-refractivity contribution in [3.05, 3.63) is 23.3 Å². The fourth-order valence-electron chi connectivity index (χ4n) is 4.51. The molecule has 5 heteroatoms. The van der Waals surface area contributed by atoms with Crippen LogP contribution in [0.1, 0.15) is 42.9 Å². The summed E-state index contributed by atoms with van der Waals surface area (Å²) in [5.74, 6) is 2.54. The first kappa shape index (κ1) is 15.3. The first-order chi connectivity index (χ1) is 11.8. The summed E-state index contributed by atoms with van der Waals surface area (Å²) < 4.78 is 11.1. The molecule has 0 spiro atoms. The van der Waals surface area contributed by atoms with Crippen LogP contribution >= 0.6 is 0 Å². The van der Waals surface area contributed by atoms with E-state index in [0.717, 1.165) is 43.9 Å². The average Bonchev–Trinajstić information content (AvgIpc) is 3.05. The maximum Gasteiger partial charge on any atom is 0.231 e. The summed E-state index contributed by atoms with van der Waals surface area (Å²) in [7, 11) is 0. The predicted molar refractivity (Wildman–Crippen MR) is 87.3 cm³/mol. The monoisotopic (exact) mass is 325 g/mol. The zero-order valence-corrected chi connectivity index (χ0v) is 13.7. The van der Waals surface area contributed by atoms with Crippen LogP contribution < -0.4 is 9.47 Å². The quantitative estimate of drug-likeness (QED) is 0.854. The van der Waals surface area contributed by atoms with E-state index in [1.807, 2.05) is 0 Å². The van der Waals surface area contributed by atoms with Gasteiger partial charge in [-0.3, -0.25) is 4.90 Å². The minimum atomic E-state index is 0.305. The fraction of sp³-hybridized carbons (Fsp3) is 0.579. The zero-order valence-electron chi connectivity index (χ0n) is 13.7. The van der Waals surface area contributed by atoms with Gasteiger partial charge in [-0.1, -0.05) is 0 Å². The van der Waals surface area contributed by atoms with Crippen LogP contribution in [0.25, 0.3) is 0 Å². The normalized spacial score (nSPS) is 27.7. The van der Waals surface area contributed by atoms with Crippen molar-refractivity contribution in [2.24, 2.45) is 11.8 Å². The predicted octanol–water partition coefficient (Wildman–Crippen LogP) is 3.17. The molecule has 124 valence electrons. The maximum atomic E-state index is 9.21. The maximum absolute atomic E-state index is 9.21. The van der Waals surface area contributed by atoms with E-state index in [1.165, 1.54) is 11.1 Å². The Morgan fingerprint density at radius 1 is 1.25 bits per heavy atom. The Labute approximate surface area is 142 Å². The van der Waals surface area contributed by atoms with Gasteiger partial charge in [-0.25, -0.2) is 0 Å². The van der Waals surface area contributed by atoms with Gasteiger partial charge in [-0.2, -0.15) is 10.5 Å². The van der Waals surface area contributed by atoms with E-state index >= 15 is 0 Å². The molecule has 0 radical (unpaired) electrons. The number of fused-ring (bicyclic) bond motifs is 4. The summed E-state index contributed by atoms with van der Waals surface area (Å²) in [6.07, 6.45) is 4.09. The summed E-state index contributed by atoms with van der Waals surface area (Å²) in [6.45, 7) is 2.34. The number of piperidine rings is 1. The highest BCUT2D eigenvalue weighted by atomic mass is 16.7. The van der Waals surface area contributed by atoms with E-state index in [-0.39, 0.29) is 0 Å². The number of nitrogens with zero attached hydrogens (tertiary/aromatic N) is 3. The van der Waals surface area contributed by atoms with Crippen LogP contribution in [0.3, 0.4) is 0 Å². The number of hydrogen-bond acceptors (Lipinski definition) is 5. The third-order valence-electron chi connectivity index (χ3n) is 5.74. The molecule has 1 aromatic rings. The van der Waals surface area contributed by atoms with Crippen molar-refractivity contribution in [2.45, 2.75) is 38.1 Å². The van der Waals surface area contributed by atoms with Gasteiger partial charge in [0.1, 0.15) is 0 Å². The van der Waals surface area contributed by atoms with E-state index in [2.05, 4.69) is 29.2 Å². The van der Waals surface area contributed by atoms with E-state index < -0.39 is 0 Å². The second kappa shape index (κ2) is 6.34. The highest BCUT2D eigenvalue weighted by molar-refractivity contribution is 5.50. The van der Waals surface area contributed by atoms with Crippen LogP contribution in [-0.2, 0) is 6.42 Å². The molecule has 5 nitrogen and oxygen atoms in total. The molecule has 4 rings (SSSR count). The molecule has 3 aliphatic heterocycles. The average molecular weight is 325 g/mol. The molecule has 24 heavy (non-hydrogen) atoms. The van der Waals surface area contributed by atoms with Crippen molar-refractivity contribution in [1.29, 1.82) is 10.5 Å². The molecule has 0 saturated carbocycles. The van der Waals surface area contributed by atoms with Crippen molar-refractivity contribution >= 4 is 0 Å². The summed E-state index contributed by atoms with van der Waals surface area (Å²) in [6, 6.07) is 9.26. The van der Waals surface area contributed by atoms with Crippen molar-refractivity contribution in [3.63, 3.8) is 0 Å². The molecule has 3 heterocycles. The van der Waals surface area contributed by atoms with Gasteiger partial charge in [-0.05, 0) is 54.4 Å². The third-order valence-corrected chi connectivity index (χ3v) is 5.74. The van der Waals surface area contributed by atoms with Crippen LogP contribution in [0.2, 0.25) is 0 Å². The van der Waals surface area contributed by atoms with Gasteiger partial charge in [-0.15, -0.1) is 0 Å². The van der Waals surface area contributed by atoms with Crippen LogP contribution in [0, 0.1) is 34.5 Å². The standard InChI is InChI=1S/C19H21N3O2/c20-5-1-2-15-11-22-7-4-14-9-18-19(24-12-23-18)10-16(14)17(22)8-13(15)3-6-21/h9-10,13,15,17H,1-4,7-8,11-12H2/t13-,15+,17-/m0/s1/i6+2. The lowest BCUT2D eigenvalue weighted by atomic mass is 9.75. The summed E-state index contributed by atoms with van der Waals surface area (Å²) in [5, 5.41) is 18.1. The lowest BCUT2D eigenvalue weighted by Crippen LogP contribution is -2.45. The molecule has 0 unspecified atom stereocenters. The lowest BCUT2D eigenvalue weighted by molar-refractivity contribution is 0.0522. The Bertz CT molecular complexity index is 719. The number of rotatable bonds is 3. The minimum absolute atomic E-state index is 0.305. The molecule has 0 bridgehead atoms. The van der Waals surface area contributed by atoms with E-state index in [4.69, 9.17) is 14.7 Å². The van der Waals surface area contributed by atoms with E-state index in [9.17, 15) is 5.26 Å². The van der Waals surface area contributed by atoms with Crippen LogP contribution in [-0.4, -0.2) is 24.8 Å². The molecular formula is C19H21N3O2. The van der Waals surface area contributed by atoms with Crippen molar-refractivity contribution in [2.75, 3.05) is 19.9 Å². The van der Waals surface area contributed by atoms with Crippen molar-refractivity contribution in [3.8, 4) is 23.6 Å². The van der Waals surface area contributed by atoms with Gasteiger partial charge in [0.25, 0.3) is 0 Å². The second-order valence-electron chi connectivity index (χ2n) is 6.98. The first-order valence-electron chi connectivity index (χ1n) is 8.70. The van der Waals surface area contributed by atoms with Gasteiger partial charge < -0.3 is 9.47 Å². The van der Waals surface area contributed by atoms with Gasteiger partial charge in [0.2, 0.25) is 6.79 Å². The molecular weight excluding hydrogens is 304 g/mol. The topological polar surface area (TPSA) is 69.3 Å². The summed E-state index contributed by atoms with van der Waals surface area (Å²) in [4.78, 5) is 2.54. The molecule has 1 saturated heterocycles. The van der Waals surface area contributed by atoms with E-state index in [1.54, 1.807) is 0 Å². The molecule has 0 aliphatic carbocycles. The van der Waals surface area contributed by atoms with Crippen LogP contribution in [0.4, 0.5) is 0 Å². The second-order valence-corrected chi connectivity index (χ2v) is 6.98. The Balaban J connectivity index is 1.61. The molecule has 0 aromatic heterocycles. The number of ether oxygens (including phenoxy) is 2. The number of nitriles is 2. The summed E-state index contributed by atoms with van der Waals surface area (Å²) in [5.41, 5.74) is 2.69. The Morgan fingerprint density at radius 3 is 2.88 bits per heavy atom. The van der Waals surface area contributed by atoms with E-state index in [0.29, 0.717) is 37.5 Å². The number of benzene rings is 1. The highest BCUT2D eigenvalue weighted by Crippen LogP contribution is 2.46. The minimum Gasteiger partial charge on any atom is -0.454 e. The Kier molecular flexibility index (Phi) is 4.04. The Hall–Kier alpha value is -2.24. The summed E-state index contributed by atoms with van der Waals surface area (Å²) >= 11 is 0. The molecule has 1 fully saturated rings. The smallest absolute Gasteiger partial charge is 0.231 e. The van der Waals surface area contributed by atoms with Crippen LogP contribution in [0.5, 0.6) is 11.5 Å². The van der Waals surface area contributed by atoms with Crippen molar-refractivity contribution < 1.29 is 9.47 Å². The molecule has 0 amide bonds. The lowest BCUT2D eigenvalue weighted by Gasteiger charge is -2.47. The fourth-order valence-corrected chi connectivity index (χ4v) is 4.51. The van der Waals surface area contributed by atoms with Crippen LogP contribution in [0.15, 0.2) is 12.1 Å². The molecule has 1 aromatic carbocycles. The highest BCUT2D eigenvalue weighted by Gasteiger charge is 2.39. The molecule has 0 N–H and O–H groups in total.